The fourth-order valence-corrected chi connectivity index (χ4v) is 2.86. The molecule has 0 radical (unpaired) electrons. The number of nitrogens with one attached hydrogen (secondary N) is 1. The zero-order valence-corrected chi connectivity index (χ0v) is 8.47. The van der Waals surface area contributed by atoms with Gasteiger partial charge in [0.2, 0.25) is 0 Å². The molecule has 3 rings (SSSR count). The lowest BCUT2D eigenvalue weighted by Gasteiger charge is -2.06. The van der Waals surface area contributed by atoms with E-state index >= 15 is 0 Å². The molecule has 1 aliphatic rings. The molecule has 14 heavy (non-hydrogen) atoms. The van der Waals surface area contributed by atoms with Gasteiger partial charge in [-0.3, -0.25) is 5.10 Å². The van der Waals surface area contributed by atoms with Crippen LogP contribution < -0.4 is 0 Å². The minimum absolute atomic E-state index is 0.796. The first-order chi connectivity index (χ1) is 6.93. The molecular weight excluding hydrogens is 196 g/mol. The lowest BCUT2D eigenvalue weighted by atomic mass is 10.0. The molecule has 0 bridgehead atoms. The van der Waals surface area contributed by atoms with Crippen LogP contribution in [0.3, 0.4) is 0 Å². The van der Waals surface area contributed by atoms with Crippen molar-refractivity contribution in [2.75, 3.05) is 0 Å². The van der Waals surface area contributed by atoms with Crippen molar-refractivity contribution in [2.24, 2.45) is 0 Å². The highest BCUT2D eigenvalue weighted by molar-refractivity contribution is 7.15. The van der Waals surface area contributed by atoms with Crippen molar-refractivity contribution in [1.82, 2.24) is 20.2 Å². The average molecular weight is 206 g/mol. The number of aromatic amines is 1. The number of thiazole rings is 1. The van der Waals surface area contributed by atoms with E-state index in [2.05, 4.69) is 20.2 Å². The fraction of sp³-hybridized carbons (Fsp3) is 0.444. The Morgan fingerprint density at radius 1 is 1.29 bits per heavy atom. The highest BCUT2D eigenvalue weighted by atomic mass is 32.1. The fourth-order valence-electron chi connectivity index (χ4n) is 1.76. The number of nitrogens with zero attached hydrogens (tertiary/aromatic N) is 3. The second kappa shape index (κ2) is 3.16. The van der Waals surface area contributed by atoms with Crippen LogP contribution in [0.25, 0.3) is 10.8 Å². The van der Waals surface area contributed by atoms with Crippen molar-refractivity contribution in [2.45, 2.75) is 25.7 Å². The van der Waals surface area contributed by atoms with Gasteiger partial charge in [-0.25, -0.2) is 9.97 Å². The van der Waals surface area contributed by atoms with Crippen LogP contribution in [0.2, 0.25) is 0 Å². The van der Waals surface area contributed by atoms with Gasteiger partial charge in [-0.05, 0) is 25.7 Å². The second-order valence-corrected chi connectivity index (χ2v) is 4.51. The molecule has 0 saturated heterocycles. The Bertz CT molecular complexity index is 408. The SMILES string of the molecule is c1n[nH]c(-c2nc3c(s2)CCCC3)n1. The quantitative estimate of drug-likeness (QED) is 0.774. The standard InChI is InChI=1S/C9H10N4S/c1-2-4-7-6(3-1)12-9(14-7)8-10-5-11-13-8/h5H,1-4H2,(H,10,11,13). The van der Waals surface area contributed by atoms with Crippen molar-refractivity contribution < 1.29 is 0 Å². The van der Waals surface area contributed by atoms with E-state index in [-0.39, 0.29) is 0 Å². The van der Waals surface area contributed by atoms with Crippen LogP contribution in [0.4, 0.5) is 0 Å². The summed E-state index contributed by atoms with van der Waals surface area (Å²) < 4.78 is 0. The predicted octanol–water partition coefficient (Wildman–Crippen LogP) is 1.81. The van der Waals surface area contributed by atoms with Gasteiger partial charge in [0.1, 0.15) is 6.33 Å². The van der Waals surface area contributed by atoms with E-state index in [1.54, 1.807) is 11.3 Å². The smallest absolute Gasteiger partial charge is 0.184 e. The summed E-state index contributed by atoms with van der Waals surface area (Å²) in [6, 6.07) is 0. The molecule has 0 spiro atoms. The molecule has 72 valence electrons. The molecular formula is C9H10N4S. The topological polar surface area (TPSA) is 54.5 Å². The van der Waals surface area contributed by atoms with Gasteiger partial charge in [0.25, 0.3) is 0 Å². The molecule has 0 amide bonds. The Hall–Kier alpha value is -1.23. The summed E-state index contributed by atoms with van der Waals surface area (Å²) in [6.45, 7) is 0. The minimum Gasteiger partial charge on any atom is -0.257 e. The summed E-state index contributed by atoms with van der Waals surface area (Å²) in [5.74, 6) is 0.796. The van der Waals surface area contributed by atoms with Crippen LogP contribution in [-0.4, -0.2) is 20.2 Å². The number of fused-ring (bicyclic) bond motifs is 1. The summed E-state index contributed by atoms with van der Waals surface area (Å²) in [5.41, 5.74) is 1.27. The summed E-state index contributed by atoms with van der Waals surface area (Å²) in [5, 5.41) is 7.67. The highest BCUT2D eigenvalue weighted by Gasteiger charge is 2.16. The number of hydrogen-bond acceptors (Lipinski definition) is 4. The molecule has 2 aromatic heterocycles. The molecule has 1 N–H and O–H groups in total. The summed E-state index contributed by atoms with van der Waals surface area (Å²) in [4.78, 5) is 10.1. The van der Waals surface area contributed by atoms with Crippen molar-refractivity contribution >= 4 is 11.3 Å². The Morgan fingerprint density at radius 2 is 2.21 bits per heavy atom. The molecule has 0 fully saturated rings. The first-order valence-electron chi connectivity index (χ1n) is 4.78. The lowest BCUT2D eigenvalue weighted by molar-refractivity contribution is 0.682. The van der Waals surface area contributed by atoms with Crippen LogP contribution in [0.5, 0.6) is 0 Å². The van der Waals surface area contributed by atoms with Gasteiger partial charge < -0.3 is 0 Å². The number of aromatic nitrogens is 4. The molecule has 4 nitrogen and oxygen atoms in total. The van der Waals surface area contributed by atoms with E-state index in [0.717, 1.165) is 17.3 Å². The second-order valence-electron chi connectivity index (χ2n) is 3.43. The molecule has 0 aromatic carbocycles. The Labute approximate surface area is 85.4 Å². The van der Waals surface area contributed by atoms with Crippen LogP contribution in [-0.2, 0) is 12.8 Å². The van der Waals surface area contributed by atoms with Crippen LogP contribution >= 0.6 is 11.3 Å². The highest BCUT2D eigenvalue weighted by Crippen LogP contribution is 2.30. The molecule has 0 atom stereocenters. The molecule has 2 heterocycles. The van der Waals surface area contributed by atoms with E-state index in [0.29, 0.717) is 0 Å². The van der Waals surface area contributed by atoms with E-state index < -0.39 is 0 Å². The van der Waals surface area contributed by atoms with E-state index in [4.69, 9.17) is 0 Å². The van der Waals surface area contributed by atoms with Crippen molar-refractivity contribution in [1.29, 1.82) is 0 Å². The maximum Gasteiger partial charge on any atom is 0.184 e. The number of hydrogen-bond donors (Lipinski definition) is 1. The lowest BCUT2D eigenvalue weighted by Crippen LogP contribution is -1.98. The summed E-state index contributed by atoms with van der Waals surface area (Å²) in [7, 11) is 0. The third-order valence-corrected chi connectivity index (χ3v) is 3.63. The van der Waals surface area contributed by atoms with E-state index in [9.17, 15) is 0 Å². The molecule has 2 aromatic rings. The summed E-state index contributed by atoms with van der Waals surface area (Å²) >= 11 is 1.75. The monoisotopic (exact) mass is 206 g/mol. The van der Waals surface area contributed by atoms with Gasteiger partial charge in [0.05, 0.1) is 5.69 Å². The average Bonchev–Trinajstić information content (AvgIpc) is 2.86. The van der Waals surface area contributed by atoms with Gasteiger partial charge in [-0.2, -0.15) is 5.10 Å². The Balaban J connectivity index is 2.04. The van der Waals surface area contributed by atoms with Gasteiger partial charge in [0.15, 0.2) is 10.8 Å². The van der Waals surface area contributed by atoms with Gasteiger partial charge in [0, 0.05) is 4.88 Å². The molecule has 0 aliphatic heterocycles. The van der Waals surface area contributed by atoms with Gasteiger partial charge in [-0.15, -0.1) is 11.3 Å². The number of H-pyrrole nitrogens is 1. The number of aryl methyl sites for hydroxylation is 2. The third-order valence-electron chi connectivity index (χ3n) is 2.46. The Morgan fingerprint density at radius 3 is 3.00 bits per heavy atom. The minimum atomic E-state index is 0.796. The largest absolute Gasteiger partial charge is 0.257 e. The van der Waals surface area contributed by atoms with Crippen LogP contribution in [0.15, 0.2) is 6.33 Å². The summed E-state index contributed by atoms with van der Waals surface area (Å²) in [6.07, 6.45) is 6.40. The predicted molar refractivity (Wildman–Crippen MR) is 54.1 cm³/mol. The van der Waals surface area contributed by atoms with Crippen LogP contribution in [0, 0.1) is 0 Å². The van der Waals surface area contributed by atoms with Gasteiger partial charge in [-0.1, -0.05) is 0 Å². The zero-order valence-electron chi connectivity index (χ0n) is 7.66. The van der Waals surface area contributed by atoms with Crippen molar-refractivity contribution in [3.8, 4) is 10.8 Å². The van der Waals surface area contributed by atoms with E-state index in [1.807, 2.05) is 0 Å². The van der Waals surface area contributed by atoms with Crippen LogP contribution in [0.1, 0.15) is 23.4 Å². The maximum atomic E-state index is 4.58. The molecule has 0 saturated carbocycles. The third kappa shape index (κ3) is 1.24. The molecule has 5 heteroatoms. The Kier molecular flexibility index (Phi) is 1.83. The van der Waals surface area contributed by atoms with Gasteiger partial charge >= 0.3 is 0 Å². The first kappa shape index (κ1) is 8.11. The molecule has 1 aliphatic carbocycles. The number of rotatable bonds is 1. The first-order valence-corrected chi connectivity index (χ1v) is 5.59. The van der Waals surface area contributed by atoms with Crippen molar-refractivity contribution in [3.05, 3.63) is 16.9 Å². The van der Waals surface area contributed by atoms with E-state index in [1.165, 1.54) is 36.2 Å². The maximum absolute atomic E-state index is 4.58. The van der Waals surface area contributed by atoms with Crippen molar-refractivity contribution in [3.63, 3.8) is 0 Å². The molecule has 0 unspecified atom stereocenters. The zero-order chi connectivity index (χ0) is 9.38. The normalized spacial score (nSPS) is 15.4.